The molecule has 0 radical (unpaired) electrons. The average molecular weight is 233 g/mol. The van der Waals surface area contributed by atoms with E-state index in [1.165, 1.54) is 18.2 Å². The maximum absolute atomic E-state index is 13.0. The fourth-order valence-electron chi connectivity index (χ4n) is 1.46. The molecule has 2 aromatic rings. The first-order valence-electron chi connectivity index (χ1n) is 5.22. The summed E-state index contributed by atoms with van der Waals surface area (Å²) in [7, 11) is 0. The first-order chi connectivity index (χ1) is 8.16. The van der Waals surface area contributed by atoms with Gasteiger partial charge in [0.15, 0.2) is 0 Å². The quantitative estimate of drug-likeness (QED) is 0.885. The van der Waals surface area contributed by atoms with Crippen LogP contribution in [-0.2, 0) is 6.54 Å². The number of benzene rings is 1. The zero-order valence-corrected chi connectivity index (χ0v) is 9.37. The molecule has 0 unspecified atom stereocenters. The Labute approximate surface area is 98.3 Å². The largest absolute Gasteiger partial charge is 0.472 e. The Morgan fingerprint density at radius 1 is 1.41 bits per heavy atom. The second-order valence-corrected chi connectivity index (χ2v) is 3.78. The van der Waals surface area contributed by atoms with Crippen molar-refractivity contribution in [2.45, 2.75) is 13.5 Å². The van der Waals surface area contributed by atoms with Gasteiger partial charge in [0.2, 0.25) is 0 Å². The summed E-state index contributed by atoms with van der Waals surface area (Å²) in [6.45, 7) is 2.02. The van der Waals surface area contributed by atoms with Crippen molar-refractivity contribution < 1.29 is 13.6 Å². The van der Waals surface area contributed by atoms with Crippen LogP contribution in [0.2, 0.25) is 0 Å². The van der Waals surface area contributed by atoms with E-state index in [4.69, 9.17) is 4.42 Å². The second kappa shape index (κ2) is 4.82. The summed E-state index contributed by atoms with van der Waals surface area (Å²) < 4.78 is 17.9. The minimum atomic E-state index is -0.309. The van der Waals surface area contributed by atoms with E-state index in [2.05, 4.69) is 5.32 Å². The highest BCUT2D eigenvalue weighted by Crippen LogP contribution is 2.09. The lowest BCUT2D eigenvalue weighted by Crippen LogP contribution is -2.22. The lowest BCUT2D eigenvalue weighted by Gasteiger charge is -2.04. The van der Waals surface area contributed by atoms with Gasteiger partial charge in [-0.05, 0) is 36.8 Å². The summed E-state index contributed by atoms with van der Waals surface area (Å²) in [5, 5.41) is 2.73. The van der Waals surface area contributed by atoms with Crippen molar-refractivity contribution in [1.82, 2.24) is 5.32 Å². The molecule has 3 nitrogen and oxygen atoms in total. The van der Waals surface area contributed by atoms with Gasteiger partial charge in [0, 0.05) is 17.7 Å². The van der Waals surface area contributed by atoms with Crippen LogP contribution in [-0.4, -0.2) is 5.91 Å². The van der Waals surface area contributed by atoms with Crippen molar-refractivity contribution >= 4 is 5.91 Å². The smallest absolute Gasteiger partial charge is 0.251 e. The first kappa shape index (κ1) is 11.4. The number of amides is 1. The van der Waals surface area contributed by atoms with E-state index >= 15 is 0 Å². The number of nitrogens with one attached hydrogen (secondary N) is 1. The van der Waals surface area contributed by atoms with Crippen LogP contribution in [0.1, 0.15) is 21.5 Å². The minimum absolute atomic E-state index is 0.227. The molecule has 1 heterocycles. The molecule has 0 aliphatic rings. The van der Waals surface area contributed by atoms with Gasteiger partial charge in [-0.2, -0.15) is 0 Å². The van der Waals surface area contributed by atoms with Crippen LogP contribution in [0, 0.1) is 12.7 Å². The molecule has 0 saturated carbocycles. The number of aryl methyl sites for hydroxylation is 1. The van der Waals surface area contributed by atoms with Gasteiger partial charge in [0.25, 0.3) is 5.91 Å². The summed E-state index contributed by atoms with van der Waals surface area (Å²) in [4.78, 5) is 11.7. The minimum Gasteiger partial charge on any atom is -0.472 e. The van der Waals surface area contributed by atoms with E-state index in [-0.39, 0.29) is 11.7 Å². The van der Waals surface area contributed by atoms with Gasteiger partial charge in [-0.3, -0.25) is 4.79 Å². The summed E-state index contributed by atoms with van der Waals surface area (Å²) in [5.74, 6) is -0.536. The molecule has 0 aliphatic carbocycles. The molecule has 0 spiro atoms. The highest BCUT2D eigenvalue weighted by molar-refractivity contribution is 5.94. The molecule has 0 fully saturated rings. The van der Waals surface area contributed by atoms with Gasteiger partial charge < -0.3 is 9.73 Å². The lowest BCUT2D eigenvalue weighted by molar-refractivity contribution is 0.0950. The molecule has 0 saturated heterocycles. The number of halogens is 1. The molecular weight excluding hydrogens is 221 g/mol. The summed E-state index contributed by atoms with van der Waals surface area (Å²) in [6.07, 6.45) is 3.11. The number of carbonyl (C=O) groups is 1. The first-order valence-corrected chi connectivity index (χ1v) is 5.22. The number of rotatable bonds is 3. The molecule has 0 aliphatic heterocycles. The fraction of sp³-hybridized carbons (Fsp3) is 0.154. The van der Waals surface area contributed by atoms with Crippen molar-refractivity contribution in [3.8, 4) is 0 Å². The molecule has 1 aromatic carbocycles. The highest BCUT2D eigenvalue weighted by atomic mass is 19.1. The van der Waals surface area contributed by atoms with Crippen LogP contribution in [0.5, 0.6) is 0 Å². The van der Waals surface area contributed by atoms with Crippen LogP contribution in [0.15, 0.2) is 41.2 Å². The molecule has 1 aromatic heterocycles. The third-order valence-corrected chi connectivity index (χ3v) is 2.45. The zero-order valence-electron chi connectivity index (χ0n) is 9.37. The second-order valence-electron chi connectivity index (χ2n) is 3.78. The molecule has 1 N–H and O–H groups in total. The SMILES string of the molecule is Cc1cc(C(=O)NCc2ccoc2)ccc1F. The third kappa shape index (κ3) is 2.72. The average Bonchev–Trinajstić information content (AvgIpc) is 2.82. The lowest BCUT2D eigenvalue weighted by atomic mass is 10.1. The van der Waals surface area contributed by atoms with Gasteiger partial charge in [-0.25, -0.2) is 4.39 Å². The molecule has 1 amide bonds. The summed E-state index contributed by atoms with van der Waals surface area (Å²) >= 11 is 0. The number of furan rings is 1. The van der Waals surface area contributed by atoms with E-state index in [9.17, 15) is 9.18 Å². The van der Waals surface area contributed by atoms with Gasteiger partial charge in [0.1, 0.15) is 5.82 Å². The van der Waals surface area contributed by atoms with Crippen molar-refractivity contribution in [2.24, 2.45) is 0 Å². The van der Waals surface area contributed by atoms with Gasteiger partial charge >= 0.3 is 0 Å². The Morgan fingerprint density at radius 2 is 2.24 bits per heavy atom. The summed E-state index contributed by atoms with van der Waals surface area (Å²) in [6, 6.07) is 6.06. The van der Waals surface area contributed by atoms with Gasteiger partial charge in [-0.1, -0.05) is 0 Å². The molecule has 0 atom stereocenters. The van der Waals surface area contributed by atoms with Crippen molar-refractivity contribution in [3.63, 3.8) is 0 Å². The third-order valence-electron chi connectivity index (χ3n) is 2.45. The van der Waals surface area contributed by atoms with E-state index in [1.54, 1.807) is 25.5 Å². The number of hydrogen-bond acceptors (Lipinski definition) is 2. The standard InChI is InChI=1S/C13H12FNO2/c1-9-6-11(2-3-12(9)14)13(16)15-7-10-4-5-17-8-10/h2-6,8H,7H2,1H3,(H,15,16). The highest BCUT2D eigenvalue weighted by Gasteiger charge is 2.07. The van der Waals surface area contributed by atoms with Crippen LogP contribution < -0.4 is 5.32 Å². The number of hydrogen-bond donors (Lipinski definition) is 1. The monoisotopic (exact) mass is 233 g/mol. The normalized spacial score (nSPS) is 10.2. The predicted molar refractivity (Wildman–Crippen MR) is 61.0 cm³/mol. The molecule has 88 valence electrons. The van der Waals surface area contributed by atoms with Gasteiger partial charge in [-0.15, -0.1) is 0 Å². The summed E-state index contributed by atoms with van der Waals surface area (Å²) in [5.41, 5.74) is 1.80. The van der Waals surface area contributed by atoms with Gasteiger partial charge in [0.05, 0.1) is 12.5 Å². The zero-order chi connectivity index (χ0) is 12.3. The molecule has 0 bridgehead atoms. The van der Waals surface area contributed by atoms with E-state index in [1.807, 2.05) is 0 Å². The Hall–Kier alpha value is -2.10. The van der Waals surface area contributed by atoms with Crippen LogP contribution in [0.4, 0.5) is 4.39 Å². The Balaban J connectivity index is 2.02. The van der Waals surface area contributed by atoms with E-state index in [0.717, 1.165) is 5.56 Å². The predicted octanol–water partition coefficient (Wildman–Crippen LogP) is 2.66. The van der Waals surface area contributed by atoms with Crippen LogP contribution in [0.25, 0.3) is 0 Å². The van der Waals surface area contributed by atoms with Crippen LogP contribution >= 0.6 is 0 Å². The van der Waals surface area contributed by atoms with Crippen molar-refractivity contribution in [1.29, 1.82) is 0 Å². The van der Waals surface area contributed by atoms with Crippen LogP contribution in [0.3, 0.4) is 0 Å². The topological polar surface area (TPSA) is 42.2 Å². The molecule has 17 heavy (non-hydrogen) atoms. The van der Waals surface area contributed by atoms with E-state index < -0.39 is 0 Å². The maximum Gasteiger partial charge on any atom is 0.251 e. The maximum atomic E-state index is 13.0. The Kier molecular flexibility index (Phi) is 3.23. The molecule has 2 rings (SSSR count). The number of carbonyl (C=O) groups excluding carboxylic acids is 1. The Morgan fingerprint density at radius 3 is 2.88 bits per heavy atom. The molecule has 4 heteroatoms. The molecular formula is C13H12FNO2. The fourth-order valence-corrected chi connectivity index (χ4v) is 1.46. The van der Waals surface area contributed by atoms with Crippen molar-refractivity contribution in [2.75, 3.05) is 0 Å². The van der Waals surface area contributed by atoms with Crippen molar-refractivity contribution in [3.05, 3.63) is 59.3 Å². The Bertz CT molecular complexity index is 520. The van der Waals surface area contributed by atoms with E-state index in [0.29, 0.717) is 17.7 Å².